The Kier molecular flexibility index (Phi) is 7.62. The molecule has 0 aliphatic carbocycles. The summed E-state index contributed by atoms with van der Waals surface area (Å²) in [5.41, 5.74) is 2.11. The van der Waals surface area contributed by atoms with Gasteiger partial charge in [-0.3, -0.25) is 4.98 Å². The van der Waals surface area contributed by atoms with Crippen LogP contribution in [-0.2, 0) is 10.0 Å². The molecule has 8 heteroatoms. The lowest BCUT2D eigenvalue weighted by atomic mass is 10.1. The molecule has 7 nitrogen and oxygen atoms in total. The largest absolute Gasteiger partial charge is 0.493 e. The smallest absolute Gasteiger partial charge is 0.241 e. The van der Waals surface area contributed by atoms with Crippen molar-refractivity contribution in [3.63, 3.8) is 0 Å². The fourth-order valence-corrected chi connectivity index (χ4v) is 4.50. The van der Waals surface area contributed by atoms with Gasteiger partial charge in [-0.1, -0.05) is 29.8 Å². The molecule has 0 saturated heterocycles. The van der Waals surface area contributed by atoms with Crippen LogP contribution in [0.1, 0.15) is 12.5 Å². The maximum absolute atomic E-state index is 12.7. The molecule has 0 atom stereocenters. The second-order valence-corrected chi connectivity index (χ2v) is 8.77. The molecule has 0 radical (unpaired) electrons. The van der Waals surface area contributed by atoms with Gasteiger partial charge in [-0.2, -0.15) is 0 Å². The summed E-state index contributed by atoms with van der Waals surface area (Å²) in [5.74, 6) is 1.36. The van der Waals surface area contributed by atoms with Gasteiger partial charge >= 0.3 is 0 Å². The minimum atomic E-state index is -3.61. The van der Waals surface area contributed by atoms with E-state index in [4.69, 9.17) is 9.47 Å². The van der Waals surface area contributed by atoms with Gasteiger partial charge in [0.25, 0.3) is 0 Å². The van der Waals surface area contributed by atoms with Crippen LogP contribution in [-0.4, -0.2) is 47.3 Å². The quantitative estimate of drug-likeness (QED) is 0.470. The Hall–Kier alpha value is -2.94. The van der Waals surface area contributed by atoms with Crippen LogP contribution in [0.5, 0.6) is 11.5 Å². The molecule has 31 heavy (non-hydrogen) atoms. The number of methoxy groups -OCH3 is 2. The minimum Gasteiger partial charge on any atom is -0.493 e. The monoisotopic (exact) mass is 441 g/mol. The fourth-order valence-electron chi connectivity index (χ4n) is 3.24. The van der Waals surface area contributed by atoms with E-state index in [1.807, 2.05) is 37.3 Å². The van der Waals surface area contributed by atoms with E-state index in [2.05, 4.69) is 15.0 Å². The third kappa shape index (κ3) is 5.81. The summed E-state index contributed by atoms with van der Waals surface area (Å²) in [6.45, 7) is 3.43. The first-order chi connectivity index (χ1) is 14.9. The average molecular weight is 442 g/mol. The van der Waals surface area contributed by atoms with Gasteiger partial charge < -0.3 is 14.8 Å². The highest BCUT2D eigenvalue weighted by Gasteiger charge is 2.16. The van der Waals surface area contributed by atoms with Crippen molar-refractivity contribution in [2.45, 2.75) is 11.8 Å². The lowest BCUT2D eigenvalue weighted by Crippen LogP contribution is -2.32. The maximum Gasteiger partial charge on any atom is 0.241 e. The third-order valence-corrected chi connectivity index (χ3v) is 6.27. The topological polar surface area (TPSA) is 89.6 Å². The highest BCUT2D eigenvalue weighted by atomic mass is 32.2. The molecule has 0 bridgehead atoms. The fraction of sp³-hybridized carbons (Fsp3) is 0.261. The predicted molar refractivity (Wildman–Crippen MR) is 123 cm³/mol. The van der Waals surface area contributed by atoms with Crippen molar-refractivity contribution in [2.24, 2.45) is 0 Å². The number of nitrogens with one attached hydrogen (secondary N) is 2. The van der Waals surface area contributed by atoms with E-state index < -0.39 is 10.0 Å². The van der Waals surface area contributed by atoms with Gasteiger partial charge in [0, 0.05) is 42.8 Å². The van der Waals surface area contributed by atoms with Gasteiger partial charge in [0.05, 0.1) is 19.1 Å². The number of benzene rings is 2. The van der Waals surface area contributed by atoms with Gasteiger partial charge in [-0.15, -0.1) is 0 Å². The number of pyridine rings is 1. The van der Waals surface area contributed by atoms with Crippen LogP contribution in [0.3, 0.4) is 0 Å². The minimum absolute atomic E-state index is 0.261. The van der Waals surface area contributed by atoms with Crippen LogP contribution < -0.4 is 19.5 Å². The van der Waals surface area contributed by atoms with E-state index in [0.29, 0.717) is 30.0 Å². The molecule has 0 unspecified atom stereocenters. The van der Waals surface area contributed by atoms with E-state index in [1.165, 1.54) is 0 Å². The highest BCUT2D eigenvalue weighted by molar-refractivity contribution is 7.89. The van der Waals surface area contributed by atoms with E-state index in [1.54, 1.807) is 44.8 Å². The summed E-state index contributed by atoms with van der Waals surface area (Å²) in [6, 6.07) is 12.6. The third-order valence-electron chi connectivity index (χ3n) is 4.75. The summed E-state index contributed by atoms with van der Waals surface area (Å²) in [4.78, 5) is 4.30. The van der Waals surface area contributed by atoms with E-state index in [9.17, 15) is 8.42 Å². The molecule has 0 fully saturated rings. The first-order valence-electron chi connectivity index (χ1n) is 9.87. The van der Waals surface area contributed by atoms with Crippen LogP contribution in [0.25, 0.3) is 16.8 Å². The molecule has 2 N–H and O–H groups in total. The van der Waals surface area contributed by atoms with Crippen LogP contribution in [0.4, 0.5) is 0 Å². The van der Waals surface area contributed by atoms with Gasteiger partial charge in [-0.05, 0) is 36.8 Å². The van der Waals surface area contributed by atoms with E-state index in [-0.39, 0.29) is 11.4 Å². The first kappa shape index (κ1) is 22.7. The molecule has 164 valence electrons. The summed E-state index contributed by atoms with van der Waals surface area (Å²) in [5, 5.41) is 4.71. The Morgan fingerprint density at radius 2 is 1.87 bits per heavy atom. The normalized spacial score (nSPS) is 12.2. The lowest BCUT2D eigenvalue weighted by Gasteiger charge is -2.11. The molecule has 0 spiro atoms. The molecular formula is C23H27N3O4S. The van der Waals surface area contributed by atoms with Crippen LogP contribution >= 0.6 is 0 Å². The van der Waals surface area contributed by atoms with Crippen LogP contribution in [0.2, 0.25) is 0 Å². The SMILES string of the molecule is COc1ccc(C=C(C)CNCCNS(=O)(=O)c2cccc3cnccc23)cc1OC. The van der Waals surface area contributed by atoms with Crippen molar-refractivity contribution in [3.05, 3.63) is 66.0 Å². The van der Waals surface area contributed by atoms with Crippen LogP contribution in [0, 0.1) is 0 Å². The summed E-state index contributed by atoms with van der Waals surface area (Å²) in [6.07, 6.45) is 5.29. The maximum atomic E-state index is 12.7. The number of hydrogen-bond donors (Lipinski definition) is 2. The van der Waals surface area contributed by atoms with Gasteiger partial charge in [-0.25, -0.2) is 13.1 Å². The van der Waals surface area contributed by atoms with Gasteiger partial charge in [0.15, 0.2) is 11.5 Å². The molecular weight excluding hydrogens is 414 g/mol. The summed E-state index contributed by atoms with van der Waals surface area (Å²) >= 11 is 0. The Morgan fingerprint density at radius 3 is 2.65 bits per heavy atom. The van der Waals surface area contributed by atoms with Crippen molar-refractivity contribution in [1.29, 1.82) is 0 Å². The lowest BCUT2D eigenvalue weighted by molar-refractivity contribution is 0.355. The number of ether oxygens (including phenoxy) is 2. The number of aromatic nitrogens is 1. The van der Waals surface area contributed by atoms with Crippen molar-refractivity contribution >= 4 is 26.9 Å². The number of hydrogen-bond acceptors (Lipinski definition) is 6. The van der Waals surface area contributed by atoms with Crippen molar-refractivity contribution in [2.75, 3.05) is 33.9 Å². The van der Waals surface area contributed by atoms with Crippen molar-refractivity contribution in [1.82, 2.24) is 15.0 Å². The molecule has 3 aromatic rings. The predicted octanol–water partition coefficient (Wildman–Crippen LogP) is 3.22. The number of fused-ring (bicyclic) bond motifs is 1. The van der Waals surface area contributed by atoms with Crippen molar-refractivity contribution in [3.8, 4) is 11.5 Å². The summed E-state index contributed by atoms with van der Waals surface area (Å²) < 4.78 is 38.6. The average Bonchev–Trinajstić information content (AvgIpc) is 2.78. The molecule has 0 amide bonds. The molecule has 1 heterocycles. The van der Waals surface area contributed by atoms with Gasteiger partial charge in [0.2, 0.25) is 10.0 Å². The van der Waals surface area contributed by atoms with E-state index in [0.717, 1.165) is 16.5 Å². The molecule has 0 aliphatic heterocycles. The molecule has 2 aromatic carbocycles. The standard InChI is InChI=1S/C23H27N3O4S/c1-17(13-18-7-8-21(29-2)22(14-18)30-3)15-25-11-12-26-31(27,28)23-6-4-5-19-16-24-10-9-20(19)23/h4-10,13-14,16,25-26H,11-12,15H2,1-3H3. The molecule has 3 rings (SSSR count). The molecule has 0 aliphatic rings. The molecule has 1 aromatic heterocycles. The Labute approximate surface area is 183 Å². The number of nitrogens with zero attached hydrogens (tertiary/aromatic N) is 1. The van der Waals surface area contributed by atoms with Gasteiger partial charge in [0.1, 0.15) is 0 Å². The number of rotatable bonds is 10. The summed E-state index contributed by atoms with van der Waals surface area (Å²) in [7, 11) is -0.396. The Morgan fingerprint density at radius 1 is 1.06 bits per heavy atom. The highest BCUT2D eigenvalue weighted by Crippen LogP contribution is 2.28. The van der Waals surface area contributed by atoms with Crippen molar-refractivity contribution < 1.29 is 17.9 Å². The second-order valence-electron chi connectivity index (χ2n) is 7.03. The zero-order valence-electron chi connectivity index (χ0n) is 17.9. The van der Waals surface area contributed by atoms with E-state index >= 15 is 0 Å². The Balaban J connectivity index is 1.53. The van der Waals surface area contributed by atoms with Crippen LogP contribution in [0.15, 0.2) is 65.3 Å². The number of sulfonamides is 1. The molecule has 0 saturated carbocycles. The zero-order chi connectivity index (χ0) is 22.3. The zero-order valence-corrected chi connectivity index (χ0v) is 18.7. The Bertz CT molecular complexity index is 1170. The second kappa shape index (κ2) is 10.4. The first-order valence-corrected chi connectivity index (χ1v) is 11.4.